The Labute approximate surface area is 187 Å². The number of ether oxygens (including phenoxy) is 1. The van der Waals surface area contributed by atoms with Crippen LogP contribution < -0.4 is 5.32 Å². The van der Waals surface area contributed by atoms with Crippen LogP contribution >= 0.6 is 0 Å². The van der Waals surface area contributed by atoms with Crippen LogP contribution in [0, 0.1) is 0 Å². The van der Waals surface area contributed by atoms with Crippen LogP contribution in [0.1, 0.15) is 46.8 Å². The van der Waals surface area contributed by atoms with Crippen molar-refractivity contribution in [3.63, 3.8) is 0 Å². The van der Waals surface area contributed by atoms with Crippen molar-refractivity contribution >= 4 is 11.9 Å². The van der Waals surface area contributed by atoms with Crippen molar-refractivity contribution in [1.82, 2.24) is 25.0 Å². The molecular formula is C21H24F3N5O4. The van der Waals surface area contributed by atoms with E-state index >= 15 is 0 Å². The summed E-state index contributed by atoms with van der Waals surface area (Å²) < 4.78 is 38.7. The number of methoxy groups -OCH3 is 1. The molecule has 2 fully saturated rings. The molecule has 2 aromatic heterocycles. The highest BCUT2D eigenvalue weighted by Gasteiger charge is 2.39. The number of nitrogens with zero attached hydrogens (tertiary/aromatic N) is 4. The predicted octanol–water partition coefficient (Wildman–Crippen LogP) is 2.11. The van der Waals surface area contributed by atoms with Crippen molar-refractivity contribution < 1.29 is 32.6 Å². The van der Waals surface area contributed by atoms with Crippen molar-refractivity contribution in [1.29, 1.82) is 0 Å². The first-order valence-corrected chi connectivity index (χ1v) is 10.6. The first-order valence-electron chi connectivity index (χ1n) is 10.6. The Bertz CT molecular complexity index is 1040. The summed E-state index contributed by atoms with van der Waals surface area (Å²) in [6.45, 7) is 2.13. The van der Waals surface area contributed by atoms with Gasteiger partial charge >= 0.3 is 12.1 Å². The summed E-state index contributed by atoms with van der Waals surface area (Å²) in [5.74, 6) is -1.35. The first kappa shape index (κ1) is 23.2. The monoisotopic (exact) mass is 467 g/mol. The van der Waals surface area contributed by atoms with Gasteiger partial charge in [0.05, 0.1) is 12.8 Å². The Hall–Kier alpha value is -2.99. The molecule has 1 aliphatic carbocycles. The summed E-state index contributed by atoms with van der Waals surface area (Å²) in [4.78, 5) is 28.4. The van der Waals surface area contributed by atoms with E-state index in [0.29, 0.717) is 36.6 Å². The number of carboxylic acids is 1. The van der Waals surface area contributed by atoms with Crippen LogP contribution in [0.25, 0.3) is 5.82 Å². The van der Waals surface area contributed by atoms with Gasteiger partial charge in [-0.15, -0.1) is 0 Å². The Balaban J connectivity index is 0.000000325. The molecule has 0 aromatic carbocycles. The maximum atomic E-state index is 12.9. The molecule has 5 rings (SSSR count). The van der Waals surface area contributed by atoms with Crippen LogP contribution in [0.4, 0.5) is 13.2 Å². The molecule has 3 aliphatic rings. The summed E-state index contributed by atoms with van der Waals surface area (Å²) in [7, 11) is 1.71. The van der Waals surface area contributed by atoms with E-state index in [1.165, 1.54) is 18.4 Å². The smallest absolute Gasteiger partial charge is 0.475 e. The third-order valence-corrected chi connectivity index (χ3v) is 5.90. The number of rotatable bonds is 5. The molecule has 0 bridgehead atoms. The number of halogens is 3. The van der Waals surface area contributed by atoms with E-state index in [4.69, 9.17) is 14.6 Å². The number of aromatic nitrogens is 3. The molecule has 2 atom stereocenters. The molecule has 12 heteroatoms. The molecule has 1 amide bonds. The fourth-order valence-electron chi connectivity index (χ4n) is 4.06. The Morgan fingerprint density at radius 3 is 2.70 bits per heavy atom. The van der Waals surface area contributed by atoms with Gasteiger partial charge in [0.2, 0.25) is 0 Å². The number of carbonyl (C=O) groups is 2. The van der Waals surface area contributed by atoms with E-state index in [-0.39, 0.29) is 11.9 Å². The van der Waals surface area contributed by atoms with Gasteiger partial charge in [0.1, 0.15) is 5.69 Å². The zero-order chi connectivity index (χ0) is 23.8. The summed E-state index contributed by atoms with van der Waals surface area (Å²) in [6, 6.07) is 4.49. The molecule has 2 aromatic rings. The fourth-order valence-corrected chi connectivity index (χ4v) is 4.06. The van der Waals surface area contributed by atoms with E-state index in [2.05, 4.69) is 15.4 Å². The number of carbonyl (C=O) groups excluding carboxylic acids is 1. The van der Waals surface area contributed by atoms with Gasteiger partial charge in [-0.05, 0) is 36.8 Å². The zero-order valence-electron chi connectivity index (χ0n) is 17.9. The van der Waals surface area contributed by atoms with Gasteiger partial charge in [0.15, 0.2) is 5.82 Å². The third kappa shape index (κ3) is 5.17. The van der Waals surface area contributed by atoms with Crippen molar-refractivity contribution in [3.05, 3.63) is 41.3 Å². The van der Waals surface area contributed by atoms with Gasteiger partial charge in [-0.2, -0.15) is 18.3 Å². The maximum Gasteiger partial charge on any atom is 0.490 e. The van der Waals surface area contributed by atoms with Gasteiger partial charge in [-0.25, -0.2) is 14.5 Å². The molecule has 9 nitrogen and oxygen atoms in total. The molecule has 178 valence electrons. The third-order valence-electron chi connectivity index (χ3n) is 5.90. The second-order valence-corrected chi connectivity index (χ2v) is 8.36. The normalized spacial score (nSPS) is 22.2. The number of amides is 1. The van der Waals surface area contributed by atoms with Gasteiger partial charge < -0.3 is 20.1 Å². The summed E-state index contributed by atoms with van der Waals surface area (Å²) in [6.07, 6.45) is 2.29. The number of hydrogen-bond donors (Lipinski definition) is 2. The van der Waals surface area contributed by atoms with E-state index < -0.39 is 12.1 Å². The first-order chi connectivity index (χ1) is 15.7. The average Bonchev–Trinajstić information content (AvgIpc) is 3.18. The molecule has 0 radical (unpaired) electrons. The number of pyridine rings is 1. The summed E-state index contributed by atoms with van der Waals surface area (Å²) >= 11 is 0. The number of hydrogen-bond acceptors (Lipinski definition) is 6. The molecule has 0 unspecified atom stereocenters. The molecule has 0 spiro atoms. The van der Waals surface area contributed by atoms with Gasteiger partial charge in [0.25, 0.3) is 5.91 Å². The van der Waals surface area contributed by atoms with E-state index in [1.807, 2.05) is 29.4 Å². The average molecular weight is 467 g/mol. The molecule has 1 saturated carbocycles. The standard InChI is InChI=1S/C19H23N5O2.C2HF3O2/c1-26-11-15-6-16(8-20-15)23-9-13-4-5-17(22-18(13)19(23)25)24-10-14(7-21-24)12-2-3-12;3-2(4,5)1(6)7/h4-5,7,10,12,15-16,20H,2-3,6,8-9,11H2,1H3;(H,6,7)/t15-,16+;/m0./s1. The van der Waals surface area contributed by atoms with Gasteiger partial charge in [0, 0.05) is 44.0 Å². The van der Waals surface area contributed by atoms with E-state index in [1.54, 1.807) is 11.8 Å². The van der Waals surface area contributed by atoms with Crippen LogP contribution in [0.5, 0.6) is 0 Å². The lowest BCUT2D eigenvalue weighted by Crippen LogP contribution is -2.37. The van der Waals surface area contributed by atoms with E-state index in [9.17, 15) is 18.0 Å². The lowest BCUT2D eigenvalue weighted by molar-refractivity contribution is -0.192. The van der Waals surface area contributed by atoms with Gasteiger partial charge in [-0.3, -0.25) is 4.79 Å². The Kier molecular flexibility index (Phi) is 6.39. The zero-order valence-corrected chi connectivity index (χ0v) is 17.9. The lowest BCUT2D eigenvalue weighted by atomic mass is 10.1. The van der Waals surface area contributed by atoms with Crippen molar-refractivity contribution in [2.24, 2.45) is 0 Å². The Morgan fingerprint density at radius 1 is 1.33 bits per heavy atom. The summed E-state index contributed by atoms with van der Waals surface area (Å²) in [5.41, 5.74) is 2.84. The number of nitrogens with one attached hydrogen (secondary N) is 1. The largest absolute Gasteiger partial charge is 0.490 e. The highest BCUT2D eigenvalue weighted by molar-refractivity contribution is 5.96. The minimum Gasteiger partial charge on any atom is -0.475 e. The highest BCUT2D eigenvalue weighted by atomic mass is 19.4. The second-order valence-electron chi connectivity index (χ2n) is 8.36. The van der Waals surface area contributed by atoms with Crippen molar-refractivity contribution in [2.45, 2.75) is 50.0 Å². The number of carboxylic acid groups (broad SMARTS) is 1. The molecule has 2 aliphatic heterocycles. The van der Waals surface area contributed by atoms with Gasteiger partial charge in [-0.1, -0.05) is 6.07 Å². The van der Waals surface area contributed by atoms with Crippen LogP contribution in [0.15, 0.2) is 24.5 Å². The van der Waals surface area contributed by atoms with Crippen LogP contribution in [-0.2, 0) is 16.1 Å². The number of fused-ring (bicyclic) bond motifs is 1. The van der Waals surface area contributed by atoms with Crippen LogP contribution in [0.3, 0.4) is 0 Å². The van der Waals surface area contributed by atoms with Crippen LogP contribution in [0.2, 0.25) is 0 Å². The number of alkyl halides is 3. The lowest BCUT2D eigenvalue weighted by Gasteiger charge is -2.22. The molecule has 2 N–H and O–H groups in total. The van der Waals surface area contributed by atoms with Crippen LogP contribution in [-0.4, -0.2) is 75.2 Å². The SMILES string of the molecule is COC[C@@H]1C[C@@H](N2Cc3ccc(-n4cc(C5CC5)cn4)nc3C2=O)CN1.O=C(O)C(F)(F)F. The van der Waals surface area contributed by atoms with Crippen molar-refractivity contribution in [2.75, 3.05) is 20.3 Å². The molecule has 1 saturated heterocycles. The quantitative estimate of drug-likeness (QED) is 0.693. The highest BCUT2D eigenvalue weighted by Crippen LogP contribution is 2.39. The molecular weight excluding hydrogens is 443 g/mol. The number of aliphatic carboxylic acids is 1. The molecule has 33 heavy (non-hydrogen) atoms. The minimum absolute atomic E-state index is 0.0290. The summed E-state index contributed by atoms with van der Waals surface area (Å²) in [5, 5.41) is 15.0. The fraction of sp³-hybridized carbons (Fsp3) is 0.524. The van der Waals surface area contributed by atoms with Crippen molar-refractivity contribution in [3.8, 4) is 5.82 Å². The minimum atomic E-state index is -5.08. The van der Waals surface area contributed by atoms with E-state index in [0.717, 1.165) is 18.5 Å². The predicted molar refractivity (Wildman–Crippen MR) is 109 cm³/mol. The Morgan fingerprint density at radius 2 is 2.06 bits per heavy atom. The maximum absolute atomic E-state index is 12.9. The molecule has 4 heterocycles. The second kappa shape index (κ2) is 9.10. The topological polar surface area (TPSA) is 110 Å².